The number of rotatable bonds is 0. The largest absolute Gasteiger partial charge is 0.383 e. The Morgan fingerprint density at radius 1 is 1.21 bits per heavy atom. The van der Waals surface area contributed by atoms with Crippen molar-refractivity contribution in [2.75, 3.05) is 17.6 Å². The normalized spacial score (nSPS) is 18.4. The van der Waals surface area contributed by atoms with E-state index >= 15 is 0 Å². The summed E-state index contributed by atoms with van der Waals surface area (Å²) in [5, 5.41) is 3.58. The lowest BCUT2D eigenvalue weighted by atomic mass is 10.3. The molecule has 6 heteroatoms. The minimum atomic E-state index is -3.19. The molecule has 14 heavy (non-hydrogen) atoms. The molecule has 0 fully saturated rings. The van der Waals surface area contributed by atoms with Crippen molar-refractivity contribution in [1.29, 1.82) is 0 Å². The average molecular weight is 252 g/mol. The van der Waals surface area contributed by atoms with Crippen LogP contribution in [0, 0.1) is 0 Å². The fraction of sp³-hybridized carbons (Fsp3) is 0.250. The van der Waals surface area contributed by atoms with Gasteiger partial charge in [-0.2, -0.15) is 0 Å². The Morgan fingerprint density at radius 3 is 2.57 bits per heavy atom. The zero-order chi connectivity index (χ0) is 10.3. The van der Waals surface area contributed by atoms with Crippen LogP contribution in [0.2, 0.25) is 10.0 Å². The monoisotopic (exact) mass is 251 g/mol. The van der Waals surface area contributed by atoms with Gasteiger partial charge in [-0.15, -0.1) is 0 Å². The Labute approximate surface area is 91.9 Å². The summed E-state index contributed by atoms with van der Waals surface area (Å²) >= 11 is 11.5. The van der Waals surface area contributed by atoms with Crippen molar-refractivity contribution in [1.82, 2.24) is 0 Å². The van der Waals surface area contributed by atoms with Crippen molar-refractivity contribution in [2.45, 2.75) is 4.90 Å². The molecule has 0 amide bonds. The first-order chi connectivity index (χ1) is 6.50. The maximum atomic E-state index is 11.6. The van der Waals surface area contributed by atoms with Crippen molar-refractivity contribution in [3.05, 3.63) is 22.2 Å². The van der Waals surface area contributed by atoms with E-state index in [1.165, 1.54) is 12.1 Å². The quantitative estimate of drug-likeness (QED) is 0.769. The van der Waals surface area contributed by atoms with Crippen LogP contribution >= 0.6 is 23.2 Å². The van der Waals surface area contributed by atoms with Gasteiger partial charge in [-0.25, -0.2) is 8.42 Å². The predicted octanol–water partition coefficient (Wildman–Crippen LogP) is 2.19. The highest BCUT2D eigenvalue weighted by Crippen LogP contribution is 2.34. The number of nitrogens with one attached hydrogen (secondary N) is 1. The van der Waals surface area contributed by atoms with E-state index < -0.39 is 9.84 Å². The molecule has 1 aliphatic heterocycles. The number of sulfone groups is 1. The Morgan fingerprint density at radius 2 is 1.86 bits per heavy atom. The fourth-order valence-corrected chi connectivity index (χ4v) is 3.10. The van der Waals surface area contributed by atoms with Crippen LogP contribution in [0.15, 0.2) is 17.0 Å². The standard InChI is InChI=1S/C8H7Cl2NO2S/c9-5-3-7-8(4-6(5)10)14(12,13)2-1-11-7/h3-4,11H,1-2H2. The summed E-state index contributed by atoms with van der Waals surface area (Å²) in [7, 11) is -3.19. The zero-order valence-electron chi connectivity index (χ0n) is 7.05. The van der Waals surface area contributed by atoms with Gasteiger partial charge in [-0.05, 0) is 12.1 Å². The number of anilines is 1. The zero-order valence-corrected chi connectivity index (χ0v) is 9.38. The summed E-state index contributed by atoms with van der Waals surface area (Å²) in [6, 6.07) is 2.93. The molecule has 0 saturated heterocycles. The molecule has 0 bridgehead atoms. The van der Waals surface area contributed by atoms with Gasteiger partial charge in [-0.3, -0.25) is 0 Å². The van der Waals surface area contributed by atoms with E-state index in [1.54, 1.807) is 0 Å². The van der Waals surface area contributed by atoms with Crippen LogP contribution < -0.4 is 5.32 Å². The van der Waals surface area contributed by atoms with Crippen LogP contribution in [0.4, 0.5) is 5.69 Å². The lowest BCUT2D eigenvalue weighted by Crippen LogP contribution is -2.23. The van der Waals surface area contributed by atoms with Crippen LogP contribution in [0.5, 0.6) is 0 Å². The molecule has 1 aromatic carbocycles. The smallest absolute Gasteiger partial charge is 0.182 e. The Balaban J connectivity index is 2.71. The number of benzene rings is 1. The minimum Gasteiger partial charge on any atom is -0.383 e. The first-order valence-corrected chi connectivity index (χ1v) is 6.37. The highest BCUT2D eigenvalue weighted by Gasteiger charge is 2.24. The van der Waals surface area contributed by atoms with Gasteiger partial charge >= 0.3 is 0 Å². The van der Waals surface area contributed by atoms with Crippen LogP contribution in [0.3, 0.4) is 0 Å². The number of hydrogen-bond acceptors (Lipinski definition) is 3. The van der Waals surface area contributed by atoms with Gasteiger partial charge in [0, 0.05) is 6.54 Å². The Kier molecular flexibility index (Phi) is 2.37. The summed E-state index contributed by atoms with van der Waals surface area (Å²) in [6.45, 7) is 0.410. The maximum Gasteiger partial charge on any atom is 0.182 e. The van der Waals surface area contributed by atoms with Crippen molar-refractivity contribution in [2.24, 2.45) is 0 Å². The molecule has 0 unspecified atom stereocenters. The van der Waals surface area contributed by atoms with E-state index in [1.807, 2.05) is 0 Å². The van der Waals surface area contributed by atoms with E-state index in [0.717, 1.165) is 0 Å². The summed E-state index contributed by atoms with van der Waals surface area (Å²) < 4.78 is 23.2. The topological polar surface area (TPSA) is 46.2 Å². The van der Waals surface area contributed by atoms with E-state index in [0.29, 0.717) is 17.3 Å². The van der Waals surface area contributed by atoms with Crippen LogP contribution in [-0.4, -0.2) is 20.7 Å². The van der Waals surface area contributed by atoms with Crippen molar-refractivity contribution < 1.29 is 8.42 Å². The molecule has 0 aliphatic carbocycles. The molecule has 0 atom stereocenters. The molecule has 0 radical (unpaired) electrons. The SMILES string of the molecule is O=S1(=O)CCNc2cc(Cl)c(Cl)cc21. The third-order valence-corrected chi connectivity index (χ3v) is 4.52. The maximum absolute atomic E-state index is 11.6. The van der Waals surface area contributed by atoms with Crippen molar-refractivity contribution in [3.8, 4) is 0 Å². The average Bonchev–Trinajstić information content (AvgIpc) is 2.08. The predicted molar refractivity (Wildman–Crippen MR) is 57.0 cm³/mol. The molecule has 1 aliphatic rings. The van der Waals surface area contributed by atoms with Crippen LogP contribution in [0.25, 0.3) is 0 Å². The molecular formula is C8H7Cl2NO2S. The van der Waals surface area contributed by atoms with Gasteiger partial charge in [0.1, 0.15) is 0 Å². The summed E-state index contributed by atoms with van der Waals surface area (Å²) in [4.78, 5) is 0.234. The molecule has 0 saturated carbocycles. The van der Waals surface area contributed by atoms with Gasteiger partial charge < -0.3 is 5.32 Å². The Bertz CT molecular complexity index is 484. The molecule has 3 nitrogen and oxygen atoms in total. The lowest BCUT2D eigenvalue weighted by molar-refractivity contribution is 0.595. The second-order valence-corrected chi connectivity index (χ2v) is 5.90. The molecule has 0 aromatic heterocycles. The van der Waals surface area contributed by atoms with Gasteiger partial charge in [0.15, 0.2) is 9.84 Å². The minimum absolute atomic E-state index is 0.0952. The molecular weight excluding hydrogens is 245 g/mol. The Hall–Kier alpha value is -0.450. The molecule has 0 spiro atoms. The van der Waals surface area contributed by atoms with E-state index in [4.69, 9.17) is 23.2 Å². The van der Waals surface area contributed by atoms with E-state index in [9.17, 15) is 8.42 Å². The van der Waals surface area contributed by atoms with Gasteiger partial charge in [-0.1, -0.05) is 23.2 Å². The summed E-state index contributed by atoms with van der Waals surface area (Å²) in [5.41, 5.74) is 0.533. The number of fused-ring (bicyclic) bond motifs is 1. The van der Waals surface area contributed by atoms with Gasteiger partial charge in [0.25, 0.3) is 0 Å². The second kappa shape index (κ2) is 3.29. The summed E-state index contributed by atoms with van der Waals surface area (Å²) in [5.74, 6) is 0.0952. The van der Waals surface area contributed by atoms with E-state index in [-0.39, 0.29) is 15.7 Å². The van der Waals surface area contributed by atoms with Crippen LogP contribution in [-0.2, 0) is 9.84 Å². The van der Waals surface area contributed by atoms with Crippen LogP contribution in [0.1, 0.15) is 0 Å². The van der Waals surface area contributed by atoms with Gasteiger partial charge in [0.2, 0.25) is 0 Å². The van der Waals surface area contributed by atoms with Crippen molar-refractivity contribution >= 4 is 38.7 Å². The molecule has 76 valence electrons. The number of hydrogen-bond donors (Lipinski definition) is 1. The van der Waals surface area contributed by atoms with Crippen molar-refractivity contribution in [3.63, 3.8) is 0 Å². The molecule has 1 aromatic rings. The first kappa shape index (κ1) is 10.1. The second-order valence-electron chi connectivity index (χ2n) is 3.01. The highest BCUT2D eigenvalue weighted by molar-refractivity contribution is 7.91. The third kappa shape index (κ3) is 1.58. The number of halogens is 2. The van der Waals surface area contributed by atoms with Gasteiger partial charge in [0.05, 0.1) is 26.4 Å². The third-order valence-electron chi connectivity index (χ3n) is 2.04. The fourth-order valence-electron chi connectivity index (χ4n) is 1.35. The lowest BCUT2D eigenvalue weighted by Gasteiger charge is -2.18. The first-order valence-electron chi connectivity index (χ1n) is 3.96. The molecule has 1 heterocycles. The molecule has 2 rings (SSSR count). The summed E-state index contributed by atoms with van der Waals surface area (Å²) in [6.07, 6.45) is 0. The highest BCUT2D eigenvalue weighted by atomic mass is 35.5. The van der Waals surface area contributed by atoms with E-state index in [2.05, 4.69) is 5.32 Å². The molecule has 1 N–H and O–H groups in total.